The number of nitrogens with zero attached hydrogens (tertiary/aromatic N) is 2. The number of carbonyl (C=O) groups excluding carboxylic acids is 1. The van der Waals surface area contributed by atoms with E-state index in [2.05, 4.69) is 9.88 Å². The summed E-state index contributed by atoms with van der Waals surface area (Å²) in [5.41, 5.74) is 2.41. The van der Waals surface area contributed by atoms with Gasteiger partial charge >= 0.3 is 0 Å². The van der Waals surface area contributed by atoms with Crippen molar-refractivity contribution >= 4 is 51.8 Å². The lowest BCUT2D eigenvalue weighted by molar-refractivity contribution is -0.143. The highest BCUT2D eigenvalue weighted by Gasteiger charge is 2.41. The second kappa shape index (κ2) is 13.3. The fourth-order valence-corrected chi connectivity index (χ4v) is 6.35. The van der Waals surface area contributed by atoms with Crippen LogP contribution in [0.4, 0.5) is 0 Å². The molecule has 10 heteroatoms. The van der Waals surface area contributed by atoms with Crippen LogP contribution in [0.2, 0.25) is 10.0 Å². The van der Waals surface area contributed by atoms with Crippen LogP contribution in [0.5, 0.6) is 5.75 Å². The minimum Gasteiger partial charge on any atom is -0.497 e. The number of rotatable bonds is 11. The Morgan fingerprint density at radius 3 is 2.63 bits per heavy atom. The minimum absolute atomic E-state index is 0.321. The van der Waals surface area contributed by atoms with Crippen LogP contribution >= 0.6 is 35.0 Å². The number of piperidine rings is 1. The zero-order valence-corrected chi connectivity index (χ0v) is 23.7. The Bertz CT molecular complexity index is 1240. The van der Waals surface area contributed by atoms with Gasteiger partial charge in [-0.05, 0) is 100.0 Å². The molecule has 0 spiro atoms. The van der Waals surface area contributed by atoms with Gasteiger partial charge in [0.05, 0.1) is 29.2 Å². The van der Waals surface area contributed by atoms with E-state index in [1.54, 1.807) is 18.9 Å². The molecule has 38 heavy (non-hydrogen) atoms. The Morgan fingerprint density at radius 1 is 1.21 bits per heavy atom. The quantitative estimate of drug-likeness (QED) is 0.109. The molecule has 2 aromatic carbocycles. The van der Waals surface area contributed by atoms with Gasteiger partial charge in [-0.15, -0.1) is 11.8 Å². The van der Waals surface area contributed by atoms with Gasteiger partial charge in [0, 0.05) is 27.1 Å². The van der Waals surface area contributed by atoms with Crippen molar-refractivity contribution < 1.29 is 19.8 Å². The van der Waals surface area contributed by atoms with Crippen LogP contribution in [0.15, 0.2) is 53.6 Å². The summed E-state index contributed by atoms with van der Waals surface area (Å²) in [6.07, 6.45) is 3.62. The number of halogens is 2. The monoisotopic (exact) mass is 577 g/mol. The number of thioether (sulfide) groups is 1. The lowest BCUT2D eigenvalue weighted by Gasteiger charge is -2.40. The first-order valence-electron chi connectivity index (χ1n) is 12.7. The van der Waals surface area contributed by atoms with Crippen LogP contribution in [-0.2, 0) is 4.79 Å². The number of hydrogen-bond donors (Lipinski definition) is 3. The van der Waals surface area contributed by atoms with Crippen molar-refractivity contribution in [3.63, 3.8) is 0 Å². The van der Waals surface area contributed by atoms with E-state index in [1.165, 1.54) is 11.1 Å². The van der Waals surface area contributed by atoms with Gasteiger partial charge in [0.2, 0.25) is 5.91 Å². The van der Waals surface area contributed by atoms with E-state index in [4.69, 9.17) is 27.9 Å². The van der Waals surface area contributed by atoms with Gasteiger partial charge in [0.25, 0.3) is 0 Å². The van der Waals surface area contributed by atoms with Gasteiger partial charge in [-0.2, -0.15) is 0 Å². The van der Waals surface area contributed by atoms with Crippen molar-refractivity contribution in [2.24, 2.45) is 5.41 Å². The van der Waals surface area contributed by atoms with Gasteiger partial charge in [-0.25, -0.2) is 5.48 Å². The SMILES string of the molecule is COc1ccc2ncc(Cl)c(C(O)CCC3(C(=O)NO)CCN(CCCSc4ccc(Cl)cc4)CC3)c2c1. The van der Waals surface area contributed by atoms with E-state index in [0.717, 1.165) is 42.2 Å². The van der Waals surface area contributed by atoms with Crippen molar-refractivity contribution in [2.75, 3.05) is 32.5 Å². The van der Waals surface area contributed by atoms with Gasteiger partial charge in [0.15, 0.2) is 0 Å². The number of likely N-dealkylation sites (tertiary alicyclic amines) is 1. The zero-order chi connectivity index (χ0) is 27.1. The van der Waals surface area contributed by atoms with Crippen molar-refractivity contribution in [1.82, 2.24) is 15.4 Å². The zero-order valence-electron chi connectivity index (χ0n) is 21.3. The van der Waals surface area contributed by atoms with Crippen molar-refractivity contribution in [2.45, 2.75) is 43.1 Å². The maximum atomic E-state index is 12.8. The highest BCUT2D eigenvalue weighted by Crippen LogP contribution is 2.41. The van der Waals surface area contributed by atoms with Crippen LogP contribution in [-0.4, -0.2) is 58.6 Å². The summed E-state index contributed by atoms with van der Waals surface area (Å²) in [4.78, 5) is 20.7. The number of amides is 1. The number of pyridine rings is 1. The van der Waals surface area contributed by atoms with Crippen molar-refractivity contribution in [3.8, 4) is 5.75 Å². The molecule has 0 aliphatic carbocycles. The van der Waals surface area contributed by atoms with E-state index < -0.39 is 17.4 Å². The van der Waals surface area contributed by atoms with Crippen LogP contribution in [0.3, 0.4) is 0 Å². The molecule has 1 aliphatic rings. The number of hydrogen-bond acceptors (Lipinski definition) is 7. The molecule has 1 aliphatic heterocycles. The molecule has 3 aromatic rings. The average Bonchev–Trinajstić information content (AvgIpc) is 2.94. The summed E-state index contributed by atoms with van der Waals surface area (Å²) in [7, 11) is 1.58. The third kappa shape index (κ3) is 6.92. The first-order valence-corrected chi connectivity index (χ1v) is 14.4. The normalized spacial score (nSPS) is 16.3. The smallest absolute Gasteiger partial charge is 0.249 e. The second-order valence-electron chi connectivity index (χ2n) is 9.68. The van der Waals surface area contributed by atoms with E-state index in [-0.39, 0.29) is 0 Å². The topological polar surface area (TPSA) is 94.9 Å². The summed E-state index contributed by atoms with van der Waals surface area (Å²) in [6, 6.07) is 13.3. The number of aliphatic hydroxyl groups is 1. The summed E-state index contributed by atoms with van der Waals surface area (Å²) in [6.45, 7) is 2.46. The average molecular weight is 579 g/mol. The summed E-state index contributed by atoms with van der Waals surface area (Å²) in [5.74, 6) is 1.25. The number of nitrogens with one attached hydrogen (secondary N) is 1. The van der Waals surface area contributed by atoms with E-state index in [9.17, 15) is 15.1 Å². The molecule has 0 bridgehead atoms. The Labute approximate surface area is 237 Å². The molecule has 3 N–H and O–H groups in total. The number of fused-ring (bicyclic) bond motifs is 1. The molecular formula is C28H33Cl2N3O4S. The molecule has 2 heterocycles. The number of carbonyl (C=O) groups is 1. The van der Waals surface area contributed by atoms with E-state index in [0.29, 0.717) is 47.5 Å². The predicted molar refractivity (Wildman–Crippen MR) is 152 cm³/mol. The Hall–Kier alpha value is -2.07. The van der Waals surface area contributed by atoms with Crippen LogP contribution in [0, 0.1) is 5.41 Å². The molecular weight excluding hydrogens is 545 g/mol. The molecule has 0 radical (unpaired) electrons. The van der Waals surface area contributed by atoms with Crippen LogP contribution < -0.4 is 10.2 Å². The maximum absolute atomic E-state index is 12.8. The fraction of sp³-hybridized carbons (Fsp3) is 0.429. The molecule has 1 atom stereocenters. The molecule has 7 nitrogen and oxygen atoms in total. The second-order valence-corrected chi connectivity index (χ2v) is 11.7. The number of hydroxylamine groups is 1. The standard InChI is InChI=1S/C28H33Cl2N3O4S/c1-37-20-5-8-24-22(17-20)26(23(30)18-31-24)25(34)9-10-28(27(35)32-36)11-14-33(15-12-28)13-2-16-38-21-6-3-19(29)4-7-21/h3-8,17-18,25,34,36H,2,9-16H2,1H3,(H,32,35). The molecule has 0 saturated carbocycles. The predicted octanol–water partition coefficient (Wildman–Crippen LogP) is 6.13. The molecule has 1 amide bonds. The Kier molecular flexibility index (Phi) is 10.1. The first kappa shape index (κ1) is 28.9. The lowest BCUT2D eigenvalue weighted by Crippen LogP contribution is -2.48. The minimum atomic E-state index is -0.897. The van der Waals surface area contributed by atoms with Gasteiger partial charge < -0.3 is 14.7 Å². The number of aliphatic hydroxyl groups excluding tert-OH is 1. The summed E-state index contributed by atoms with van der Waals surface area (Å²) >= 11 is 14.2. The molecule has 204 valence electrons. The summed E-state index contributed by atoms with van der Waals surface area (Å²) in [5, 5.41) is 22.5. The first-order chi connectivity index (χ1) is 18.3. The molecule has 1 unspecified atom stereocenters. The Balaban J connectivity index is 1.35. The van der Waals surface area contributed by atoms with Gasteiger partial charge in [0.1, 0.15) is 5.75 Å². The number of ether oxygens (including phenoxy) is 1. The third-order valence-electron chi connectivity index (χ3n) is 7.40. The lowest BCUT2D eigenvalue weighted by atomic mass is 9.73. The summed E-state index contributed by atoms with van der Waals surface area (Å²) < 4.78 is 5.34. The third-order valence-corrected chi connectivity index (χ3v) is 9.05. The van der Waals surface area contributed by atoms with E-state index >= 15 is 0 Å². The molecule has 1 saturated heterocycles. The van der Waals surface area contributed by atoms with Crippen molar-refractivity contribution in [3.05, 3.63) is 64.3 Å². The van der Waals surface area contributed by atoms with E-state index in [1.807, 2.05) is 47.9 Å². The largest absolute Gasteiger partial charge is 0.497 e. The molecule has 1 fully saturated rings. The number of aromatic nitrogens is 1. The van der Waals surface area contributed by atoms with Gasteiger partial charge in [-0.3, -0.25) is 15.0 Å². The highest BCUT2D eigenvalue weighted by molar-refractivity contribution is 7.99. The Morgan fingerprint density at radius 2 is 1.95 bits per heavy atom. The van der Waals surface area contributed by atoms with Crippen LogP contribution in [0.1, 0.15) is 43.8 Å². The molecule has 1 aromatic heterocycles. The van der Waals surface area contributed by atoms with Gasteiger partial charge in [-0.1, -0.05) is 23.2 Å². The van der Waals surface area contributed by atoms with Crippen molar-refractivity contribution in [1.29, 1.82) is 0 Å². The number of benzene rings is 2. The van der Waals surface area contributed by atoms with Crippen LogP contribution in [0.25, 0.3) is 10.9 Å². The number of methoxy groups -OCH3 is 1. The maximum Gasteiger partial charge on any atom is 0.249 e. The molecule has 4 rings (SSSR count). The fourth-order valence-electron chi connectivity index (χ4n) is 5.11. The highest BCUT2D eigenvalue weighted by atomic mass is 35.5.